The van der Waals surface area contributed by atoms with E-state index in [0.717, 1.165) is 17.7 Å². The van der Waals surface area contributed by atoms with E-state index in [1.54, 1.807) is 6.92 Å². The number of nitrogens with one attached hydrogen (secondary N) is 1. The van der Waals surface area contributed by atoms with Crippen LogP contribution in [0.5, 0.6) is 0 Å². The van der Waals surface area contributed by atoms with Crippen LogP contribution in [0.3, 0.4) is 0 Å². The van der Waals surface area contributed by atoms with E-state index in [4.69, 9.17) is 0 Å². The number of piperidine rings is 1. The van der Waals surface area contributed by atoms with Gasteiger partial charge in [0, 0.05) is 23.7 Å². The summed E-state index contributed by atoms with van der Waals surface area (Å²) in [5.41, 5.74) is 1.44. The first kappa shape index (κ1) is 21.4. The van der Waals surface area contributed by atoms with Gasteiger partial charge in [-0.25, -0.2) is 12.7 Å². The van der Waals surface area contributed by atoms with Crippen LogP contribution < -0.4 is 5.32 Å². The Bertz CT molecular complexity index is 1000. The molecule has 1 unspecified atom stereocenters. The van der Waals surface area contributed by atoms with E-state index in [9.17, 15) is 13.2 Å². The Morgan fingerprint density at radius 2 is 1.77 bits per heavy atom. The highest BCUT2D eigenvalue weighted by Crippen LogP contribution is 2.40. The molecule has 2 aliphatic heterocycles. The molecular weight excluding hydrogens is 416 g/mol. The molecule has 2 heterocycles. The molecule has 2 aromatic rings. The molecule has 1 amide bonds. The summed E-state index contributed by atoms with van der Waals surface area (Å²) >= 11 is 1.83. The number of carbonyl (C=O) groups excluding carboxylic acids is 1. The van der Waals surface area contributed by atoms with Gasteiger partial charge in [-0.2, -0.15) is 0 Å². The minimum atomic E-state index is -3.25. The number of carbonyl (C=O) groups is 1. The van der Waals surface area contributed by atoms with Crippen LogP contribution in [0.15, 0.2) is 59.5 Å². The first-order chi connectivity index (χ1) is 14.5. The van der Waals surface area contributed by atoms with Crippen LogP contribution in [-0.4, -0.2) is 43.2 Å². The van der Waals surface area contributed by atoms with E-state index < -0.39 is 15.4 Å². The summed E-state index contributed by atoms with van der Waals surface area (Å²) < 4.78 is 26.2. The highest BCUT2D eigenvalue weighted by atomic mass is 32.2. The van der Waals surface area contributed by atoms with Crippen molar-refractivity contribution in [3.63, 3.8) is 0 Å². The fourth-order valence-corrected chi connectivity index (χ4v) is 6.75. The van der Waals surface area contributed by atoms with Crippen LogP contribution >= 0.6 is 11.8 Å². The van der Waals surface area contributed by atoms with Gasteiger partial charge in [-0.05, 0) is 43.4 Å². The number of fused-ring (bicyclic) bond motifs is 1. The Labute approximate surface area is 183 Å². The SMILES string of the molecule is CCS(=O)(=O)N1CCC(C(=O)NC2CCSc3ccccc32)(c2ccccc2)CC1. The Hall–Kier alpha value is -1.83. The maximum Gasteiger partial charge on any atom is 0.231 e. The third-order valence-electron chi connectivity index (χ3n) is 6.36. The molecule has 30 heavy (non-hydrogen) atoms. The molecule has 0 aliphatic carbocycles. The predicted octanol–water partition coefficient (Wildman–Crippen LogP) is 3.72. The number of rotatable bonds is 5. The number of amides is 1. The molecule has 5 nitrogen and oxygen atoms in total. The molecule has 2 aliphatic rings. The van der Waals surface area contributed by atoms with Crippen LogP contribution in [0.2, 0.25) is 0 Å². The Balaban J connectivity index is 1.61. The number of sulfonamides is 1. The van der Waals surface area contributed by atoms with Gasteiger partial charge in [-0.1, -0.05) is 48.5 Å². The summed E-state index contributed by atoms with van der Waals surface area (Å²) in [5, 5.41) is 3.33. The second-order valence-corrected chi connectivity index (χ2v) is 11.3. The third-order valence-corrected chi connectivity index (χ3v) is 9.36. The Kier molecular flexibility index (Phi) is 6.23. The second kappa shape index (κ2) is 8.73. The molecule has 4 rings (SSSR count). The predicted molar refractivity (Wildman–Crippen MR) is 121 cm³/mol. The number of benzene rings is 2. The summed E-state index contributed by atoms with van der Waals surface area (Å²) in [4.78, 5) is 15.0. The summed E-state index contributed by atoms with van der Waals surface area (Å²) in [6.07, 6.45) is 1.88. The van der Waals surface area contributed by atoms with Gasteiger partial charge in [-0.15, -0.1) is 11.8 Å². The number of nitrogens with zero attached hydrogens (tertiary/aromatic N) is 1. The standard InChI is InChI=1S/C23H28N2O3S2/c1-2-30(27,28)25-15-13-23(14-16-25,18-8-4-3-5-9-18)22(26)24-20-12-17-29-21-11-7-6-10-19(20)21/h3-11,20H,2,12-17H2,1H3,(H,24,26). The highest BCUT2D eigenvalue weighted by Gasteiger charge is 2.45. The van der Waals surface area contributed by atoms with Crippen LogP contribution in [-0.2, 0) is 20.2 Å². The van der Waals surface area contributed by atoms with E-state index in [1.807, 2.05) is 54.2 Å². The van der Waals surface area contributed by atoms with E-state index in [2.05, 4.69) is 17.4 Å². The van der Waals surface area contributed by atoms with Gasteiger partial charge in [0.1, 0.15) is 0 Å². The minimum Gasteiger partial charge on any atom is -0.348 e. The number of thioether (sulfide) groups is 1. The van der Waals surface area contributed by atoms with Gasteiger partial charge >= 0.3 is 0 Å². The quantitative estimate of drug-likeness (QED) is 0.763. The van der Waals surface area contributed by atoms with Crippen molar-refractivity contribution >= 4 is 27.7 Å². The molecule has 0 saturated carbocycles. The summed E-state index contributed by atoms with van der Waals surface area (Å²) in [6, 6.07) is 18.1. The number of hydrogen-bond acceptors (Lipinski definition) is 4. The average Bonchev–Trinajstić information content (AvgIpc) is 2.80. The molecule has 0 spiro atoms. The van der Waals surface area contributed by atoms with Crippen molar-refractivity contribution in [3.05, 3.63) is 65.7 Å². The van der Waals surface area contributed by atoms with Crippen molar-refractivity contribution in [3.8, 4) is 0 Å². The minimum absolute atomic E-state index is 0.00654. The first-order valence-electron chi connectivity index (χ1n) is 10.5. The zero-order valence-electron chi connectivity index (χ0n) is 17.2. The van der Waals surface area contributed by atoms with Crippen LogP contribution in [0.1, 0.15) is 43.4 Å². The van der Waals surface area contributed by atoms with Gasteiger partial charge in [0.15, 0.2) is 0 Å². The van der Waals surface area contributed by atoms with E-state index in [0.29, 0.717) is 25.9 Å². The molecule has 1 saturated heterocycles. The Morgan fingerprint density at radius 3 is 2.47 bits per heavy atom. The first-order valence-corrected chi connectivity index (χ1v) is 13.1. The number of hydrogen-bond donors (Lipinski definition) is 1. The average molecular weight is 445 g/mol. The maximum absolute atomic E-state index is 13.7. The molecule has 0 bridgehead atoms. The molecule has 2 aromatic carbocycles. The van der Waals surface area contributed by atoms with Crippen molar-refractivity contribution < 1.29 is 13.2 Å². The molecule has 0 aromatic heterocycles. The van der Waals surface area contributed by atoms with Gasteiger partial charge in [0.25, 0.3) is 0 Å². The van der Waals surface area contributed by atoms with Gasteiger partial charge in [0.2, 0.25) is 15.9 Å². The lowest BCUT2D eigenvalue weighted by Gasteiger charge is -2.41. The van der Waals surface area contributed by atoms with Gasteiger partial charge in [-0.3, -0.25) is 4.79 Å². The largest absolute Gasteiger partial charge is 0.348 e. The van der Waals surface area contributed by atoms with E-state index >= 15 is 0 Å². The lowest BCUT2D eigenvalue weighted by Crippen LogP contribution is -2.53. The zero-order valence-corrected chi connectivity index (χ0v) is 18.8. The van der Waals surface area contributed by atoms with Crippen LogP contribution in [0.4, 0.5) is 0 Å². The third kappa shape index (κ3) is 4.03. The zero-order chi connectivity index (χ0) is 21.2. The summed E-state index contributed by atoms with van der Waals surface area (Å²) in [7, 11) is -3.25. The lowest BCUT2D eigenvalue weighted by molar-refractivity contribution is -0.129. The molecule has 7 heteroatoms. The maximum atomic E-state index is 13.7. The fraction of sp³-hybridized carbons (Fsp3) is 0.435. The normalized spacial score (nSPS) is 21.6. The van der Waals surface area contributed by atoms with Crippen LogP contribution in [0.25, 0.3) is 0 Å². The monoisotopic (exact) mass is 444 g/mol. The Morgan fingerprint density at radius 1 is 1.10 bits per heavy atom. The second-order valence-electron chi connectivity index (χ2n) is 7.95. The molecule has 0 radical (unpaired) electrons. The molecule has 1 N–H and O–H groups in total. The van der Waals surface area contributed by atoms with Crippen molar-refractivity contribution in [2.24, 2.45) is 0 Å². The van der Waals surface area contributed by atoms with Crippen molar-refractivity contribution in [2.75, 3.05) is 24.6 Å². The molecule has 1 atom stereocenters. The lowest BCUT2D eigenvalue weighted by atomic mass is 9.72. The summed E-state index contributed by atoms with van der Waals surface area (Å²) in [5.74, 6) is 1.07. The van der Waals surface area contributed by atoms with Gasteiger partial charge < -0.3 is 5.32 Å². The van der Waals surface area contributed by atoms with Crippen LogP contribution in [0, 0.1) is 0 Å². The molecular formula is C23H28N2O3S2. The van der Waals surface area contributed by atoms with Crippen molar-refractivity contribution in [2.45, 2.75) is 42.5 Å². The summed E-state index contributed by atoms with van der Waals surface area (Å²) in [6.45, 7) is 2.41. The smallest absolute Gasteiger partial charge is 0.231 e. The van der Waals surface area contributed by atoms with E-state index in [-0.39, 0.29) is 17.7 Å². The highest BCUT2D eigenvalue weighted by molar-refractivity contribution is 7.99. The fourth-order valence-electron chi connectivity index (χ4n) is 4.52. The van der Waals surface area contributed by atoms with Crippen molar-refractivity contribution in [1.82, 2.24) is 9.62 Å². The molecule has 160 valence electrons. The molecule has 1 fully saturated rings. The van der Waals surface area contributed by atoms with Crippen molar-refractivity contribution in [1.29, 1.82) is 0 Å². The van der Waals surface area contributed by atoms with E-state index in [1.165, 1.54) is 14.8 Å². The van der Waals surface area contributed by atoms with Gasteiger partial charge in [0.05, 0.1) is 17.2 Å². The topological polar surface area (TPSA) is 66.5 Å².